The first-order valence-electron chi connectivity index (χ1n) is 19.7. The maximum atomic E-state index is 13.9. The number of hydrogen-bond acceptors (Lipinski definition) is 14. The van der Waals surface area contributed by atoms with Crippen molar-refractivity contribution in [2.45, 2.75) is 87.8 Å². The normalized spacial score (nSPS) is 15.4. The number of rotatable bonds is 25. The van der Waals surface area contributed by atoms with Crippen LogP contribution in [0.25, 0.3) is 0 Å². The fraction of sp³-hybridized carbons (Fsp3) is 0.513. The van der Waals surface area contributed by atoms with Gasteiger partial charge in [-0.1, -0.05) is 36.4 Å². The Labute approximate surface area is 347 Å². The largest absolute Gasteiger partial charge is 0.486 e. The first kappa shape index (κ1) is 48.5. The number of fused-ring (bicyclic) bond motifs is 1. The van der Waals surface area contributed by atoms with Crippen molar-refractivity contribution >= 4 is 41.4 Å². The van der Waals surface area contributed by atoms with Gasteiger partial charge < -0.3 is 75.1 Å². The molecular weight excluding hydrogens is 782 g/mol. The van der Waals surface area contributed by atoms with E-state index in [1.807, 2.05) is 0 Å². The number of amides is 7. The lowest BCUT2D eigenvalue weighted by Gasteiger charge is -2.26. The monoisotopic (exact) mass is 841 g/mol. The molecule has 7 atom stereocenters. The average Bonchev–Trinajstić information content (AvgIpc) is 3.21. The van der Waals surface area contributed by atoms with E-state index in [2.05, 4.69) is 31.9 Å². The first-order valence-corrected chi connectivity index (χ1v) is 19.7. The van der Waals surface area contributed by atoms with Crippen LogP contribution in [0.5, 0.6) is 11.5 Å². The Hall–Kier alpha value is -5.87. The maximum Gasteiger partial charge on any atom is 0.245 e. The Morgan fingerprint density at radius 3 is 1.78 bits per heavy atom. The quantitative estimate of drug-likeness (QED) is 0.0448. The highest BCUT2D eigenvalue weighted by molar-refractivity contribution is 5.95. The van der Waals surface area contributed by atoms with Crippen LogP contribution in [-0.4, -0.2) is 128 Å². The highest BCUT2D eigenvalue weighted by Gasteiger charge is 2.32. The Bertz CT molecular complexity index is 1770. The molecule has 330 valence electrons. The van der Waals surface area contributed by atoms with Gasteiger partial charge in [-0.25, -0.2) is 0 Å². The molecule has 21 heteroatoms. The number of aliphatic hydroxyl groups is 1. The molecule has 0 aliphatic carbocycles. The molecule has 2 aromatic carbocycles. The summed E-state index contributed by atoms with van der Waals surface area (Å²) < 4.78 is 11.2. The van der Waals surface area contributed by atoms with Gasteiger partial charge >= 0.3 is 0 Å². The van der Waals surface area contributed by atoms with Crippen molar-refractivity contribution in [2.24, 2.45) is 28.7 Å². The van der Waals surface area contributed by atoms with Crippen LogP contribution < -0.4 is 70.0 Å². The smallest absolute Gasteiger partial charge is 0.245 e. The zero-order chi connectivity index (χ0) is 44.2. The van der Waals surface area contributed by atoms with Crippen LogP contribution in [0.1, 0.15) is 43.7 Å². The fourth-order valence-electron chi connectivity index (χ4n) is 6.08. The molecule has 17 N–H and O–H groups in total. The van der Waals surface area contributed by atoms with Crippen LogP contribution in [0.2, 0.25) is 0 Å². The van der Waals surface area contributed by atoms with Crippen LogP contribution in [0, 0.1) is 0 Å². The number of ether oxygens (including phenoxy) is 2. The van der Waals surface area contributed by atoms with Crippen LogP contribution >= 0.6 is 0 Å². The summed E-state index contributed by atoms with van der Waals surface area (Å²) in [6, 6.07) is 6.39. The van der Waals surface area contributed by atoms with Gasteiger partial charge in [0.15, 0.2) is 11.5 Å². The highest BCUT2D eigenvalue weighted by atomic mass is 16.6. The van der Waals surface area contributed by atoms with Crippen LogP contribution in [-0.2, 0) is 46.4 Å². The highest BCUT2D eigenvalue weighted by Crippen LogP contribution is 2.30. The molecule has 2 aromatic rings. The summed E-state index contributed by atoms with van der Waals surface area (Å²) in [6.07, 6.45) is -1.66. The maximum absolute atomic E-state index is 13.9. The van der Waals surface area contributed by atoms with E-state index < -0.39 is 83.7 Å². The number of nitrogens with one attached hydrogen (secondary N) is 6. The predicted molar refractivity (Wildman–Crippen MR) is 218 cm³/mol. The van der Waals surface area contributed by atoms with Gasteiger partial charge in [-0.2, -0.15) is 0 Å². The average molecular weight is 842 g/mol. The fourth-order valence-corrected chi connectivity index (χ4v) is 6.08. The third kappa shape index (κ3) is 15.7. The van der Waals surface area contributed by atoms with Gasteiger partial charge in [0.2, 0.25) is 41.4 Å². The lowest BCUT2D eigenvalue weighted by molar-refractivity contribution is -0.134. The second-order valence-corrected chi connectivity index (χ2v) is 14.2. The van der Waals surface area contributed by atoms with E-state index in [0.29, 0.717) is 30.3 Å². The molecule has 7 amide bonds. The van der Waals surface area contributed by atoms with Gasteiger partial charge in [0.05, 0.1) is 18.6 Å². The SMILES string of the molecule is C[C@@H](O)[C@H](NC(=O)[C@H](CCN)NC(=O)[C@@H](N)CCN)C(=O)NCC[C@H](NC(=O)Cc1ccc2c(c1)OCCO2)C(=O)N[C@@H](CCN)C(=O)N[C@H](Cc1ccccc1)C(N)=O. The summed E-state index contributed by atoms with van der Waals surface area (Å²) >= 11 is 0. The zero-order valence-corrected chi connectivity index (χ0v) is 33.7. The van der Waals surface area contributed by atoms with E-state index >= 15 is 0 Å². The van der Waals surface area contributed by atoms with E-state index in [-0.39, 0.29) is 64.7 Å². The summed E-state index contributed by atoms with van der Waals surface area (Å²) in [7, 11) is 0. The molecular formula is C39H59N11O10. The van der Waals surface area contributed by atoms with E-state index in [9.17, 15) is 38.7 Å². The standard InChI is InChI=1S/C39H59N11O10/c1-22(51)33(50-38(57)27(11-15-42)47-35(54)25(43)9-13-40)39(58)45-16-12-28(46-32(52)21-24-7-8-30-31(20-24)60-18-17-59-30)37(56)48-26(10-14-41)36(55)49-29(34(44)53)19-23-5-3-2-4-6-23/h2-8,20,22,25-29,33,51H,9-19,21,40-43H2,1H3,(H2,44,53)(H,45,58)(H,46,52)(H,47,54)(H,48,56)(H,49,55)(H,50,57)/t22-,25+,26+,27+,28+,29-,33+/m1/s1. The van der Waals surface area contributed by atoms with Gasteiger partial charge in [-0.05, 0) is 75.5 Å². The number of primary amides is 1. The molecule has 60 heavy (non-hydrogen) atoms. The topological polar surface area (TPSA) is 360 Å². The van der Waals surface area contributed by atoms with Gasteiger partial charge in [-0.3, -0.25) is 33.6 Å². The summed E-state index contributed by atoms with van der Waals surface area (Å²) in [5, 5.41) is 25.7. The minimum absolute atomic E-state index is 0.00686. The summed E-state index contributed by atoms with van der Waals surface area (Å²) in [5.41, 5.74) is 29.6. The zero-order valence-electron chi connectivity index (χ0n) is 33.7. The second kappa shape index (κ2) is 24.9. The first-order chi connectivity index (χ1) is 28.7. The van der Waals surface area contributed by atoms with Crippen molar-refractivity contribution in [3.05, 3.63) is 59.7 Å². The second-order valence-electron chi connectivity index (χ2n) is 14.2. The lowest BCUT2D eigenvalue weighted by Crippen LogP contribution is -2.59. The van der Waals surface area contributed by atoms with Crippen molar-refractivity contribution < 1.29 is 48.1 Å². The number of carbonyl (C=O) groups excluding carboxylic acids is 7. The molecule has 0 unspecified atom stereocenters. The summed E-state index contributed by atoms with van der Waals surface area (Å²) in [5.74, 6) is -4.32. The van der Waals surface area contributed by atoms with Crippen LogP contribution in [0.15, 0.2) is 48.5 Å². The third-order valence-corrected chi connectivity index (χ3v) is 9.35. The minimum atomic E-state index is -1.52. The van der Waals surface area contributed by atoms with E-state index in [4.69, 9.17) is 38.1 Å². The van der Waals surface area contributed by atoms with Crippen molar-refractivity contribution in [3.8, 4) is 11.5 Å². The van der Waals surface area contributed by atoms with Gasteiger partial charge in [-0.15, -0.1) is 0 Å². The Kier molecular flexibility index (Phi) is 20.1. The number of aliphatic hydroxyl groups excluding tert-OH is 1. The molecule has 0 aromatic heterocycles. The predicted octanol–water partition coefficient (Wildman–Crippen LogP) is -4.59. The molecule has 0 radical (unpaired) electrons. The molecule has 3 rings (SSSR count). The Morgan fingerprint density at radius 1 is 0.650 bits per heavy atom. The van der Waals surface area contributed by atoms with Crippen molar-refractivity contribution in [1.82, 2.24) is 31.9 Å². The van der Waals surface area contributed by atoms with E-state index in [1.54, 1.807) is 48.5 Å². The van der Waals surface area contributed by atoms with Gasteiger partial charge in [0.1, 0.15) is 43.4 Å². The third-order valence-electron chi connectivity index (χ3n) is 9.35. The molecule has 0 saturated carbocycles. The molecule has 0 saturated heterocycles. The molecule has 1 aliphatic heterocycles. The van der Waals surface area contributed by atoms with E-state index in [1.165, 1.54) is 6.92 Å². The van der Waals surface area contributed by atoms with Crippen LogP contribution in [0.3, 0.4) is 0 Å². The number of carbonyl (C=O) groups is 7. The minimum Gasteiger partial charge on any atom is -0.486 e. The molecule has 21 nitrogen and oxygen atoms in total. The molecule has 0 spiro atoms. The van der Waals surface area contributed by atoms with Crippen LogP contribution in [0.4, 0.5) is 0 Å². The van der Waals surface area contributed by atoms with Crippen molar-refractivity contribution in [1.29, 1.82) is 0 Å². The lowest BCUT2D eigenvalue weighted by atomic mass is 10.0. The summed E-state index contributed by atoms with van der Waals surface area (Å²) in [6.45, 7) is 1.78. The van der Waals surface area contributed by atoms with E-state index in [0.717, 1.165) is 5.56 Å². The number of nitrogens with two attached hydrogens (primary N) is 5. The molecule has 1 aliphatic rings. The van der Waals surface area contributed by atoms with Crippen molar-refractivity contribution in [2.75, 3.05) is 39.4 Å². The van der Waals surface area contributed by atoms with Gasteiger partial charge in [0, 0.05) is 13.0 Å². The Balaban J connectivity index is 1.76. The van der Waals surface area contributed by atoms with Crippen molar-refractivity contribution in [3.63, 3.8) is 0 Å². The molecule has 1 heterocycles. The summed E-state index contributed by atoms with van der Waals surface area (Å²) in [4.78, 5) is 92.0. The number of hydrogen-bond donors (Lipinski definition) is 12. The van der Waals surface area contributed by atoms with Gasteiger partial charge in [0.25, 0.3) is 0 Å². The Morgan fingerprint density at radius 2 is 1.20 bits per heavy atom. The molecule has 0 bridgehead atoms. The number of benzene rings is 2. The molecule has 0 fully saturated rings.